The number of hydrogen-bond acceptors (Lipinski definition) is 3. The summed E-state index contributed by atoms with van der Waals surface area (Å²) in [7, 11) is 0. The third kappa shape index (κ3) is 1.87. The minimum absolute atomic E-state index is 0.0282. The van der Waals surface area contributed by atoms with Gasteiger partial charge in [0.1, 0.15) is 6.33 Å². The van der Waals surface area contributed by atoms with Gasteiger partial charge in [-0.05, 0) is 37.3 Å². The number of imidazole rings is 1. The van der Waals surface area contributed by atoms with Crippen molar-refractivity contribution in [3.63, 3.8) is 0 Å². The van der Waals surface area contributed by atoms with E-state index >= 15 is 0 Å². The lowest BCUT2D eigenvalue weighted by atomic mass is 10.1. The molecule has 3 aromatic rings. The molecular weight excluding hydrogens is 238 g/mol. The monoisotopic (exact) mass is 251 g/mol. The van der Waals surface area contributed by atoms with Crippen LogP contribution in [-0.4, -0.2) is 15.3 Å². The second kappa shape index (κ2) is 4.24. The highest BCUT2D eigenvalue weighted by molar-refractivity contribution is 5.99. The Morgan fingerprint density at radius 3 is 2.74 bits per heavy atom. The van der Waals surface area contributed by atoms with E-state index < -0.39 is 0 Å². The van der Waals surface area contributed by atoms with Crippen molar-refractivity contribution in [1.82, 2.24) is 9.55 Å². The number of hydrogen-bond donors (Lipinski definition) is 1. The molecule has 0 amide bonds. The average molecular weight is 251 g/mol. The van der Waals surface area contributed by atoms with Gasteiger partial charge in [0.2, 0.25) is 0 Å². The molecule has 0 bridgehead atoms. The van der Waals surface area contributed by atoms with Gasteiger partial charge in [0, 0.05) is 16.9 Å². The number of benzene rings is 2. The number of nitrogens with two attached hydrogens (primary N) is 1. The Hall–Kier alpha value is -2.62. The van der Waals surface area contributed by atoms with Crippen LogP contribution in [-0.2, 0) is 0 Å². The molecule has 0 fully saturated rings. The number of nitrogens with zero attached hydrogens (tertiary/aromatic N) is 2. The molecule has 4 nitrogen and oxygen atoms in total. The summed E-state index contributed by atoms with van der Waals surface area (Å²) in [6.07, 6.45) is 1.76. The third-order valence-electron chi connectivity index (χ3n) is 3.15. The molecule has 94 valence electrons. The number of ketones is 1. The lowest BCUT2D eigenvalue weighted by molar-refractivity contribution is 0.101. The Morgan fingerprint density at radius 2 is 2.00 bits per heavy atom. The number of aromatic nitrogens is 2. The van der Waals surface area contributed by atoms with Crippen molar-refractivity contribution in [3.05, 3.63) is 54.4 Å². The summed E-state index contributed by atoms with van der Waals surface area (Å²) < 4.78 is 1.95. The maximum absolute atomic E-state index is 11.4. The van der Waals surface area contributed by atoms with Gasteiger partial charge in [-0.2, -0.15) is 0 Å². The standard InChI is InChI=1S/C15H13N3O/c1-10(19)12-7-6-11(8-13(12)16)18-9-17-14-4-2-3-5-15(14)18/h2-9H,16H2,1H3. The fourth-order valence-electron chi connectivity index (χ4n) is 2.19. The number of Topliss-reactive ketones (excluding diaryl/α,β-unsaturated/α-hetero) is 1. The van der Waals surface area contributed by atoms with Gasteiger partial charge < -0.3 is 5.73 Å². The molecule has 0 aliphatic rings. The minimum Gasteiger partial charge on any atom is -0.398 e. The first-order valence-electron chi connectivity index (χ1n) is 6.00. The van der Waals surface area contributed by atoms with Gasteiger partial charge in [0.15, 0.2) is 5.78 Å². The van der Waals surface area contributed by atoms with Gasteiger partial charge in [-0.3, -0.25) is 9.36 Å². The summed E-state index contributed by atoms with van der Waals surface area (Å²) in [5.74, 6) is -0.0282. The molecule has 1 heterocycles. The third-order valence-corrected chi connectivity index (χ3v) is 3.15. The van der Waals surface area contributed by atoms with Crippen LogP contribution in [0, 0.1) is 0 Å². The van der Waals surface area contributed by atoms with E-state index in [2.05, 4.69) is 4.98 Å². The summed E-state index contributed by atoms with van der Waals surface area (Å²) in [6, 6.07) is 13.3. The molecule has 3 rings (SSSR count). The zero-order valence-corrected chi connectivity index (χ0v) is 10.5. The summed E-state index contributed by atoms with van der Waals surface area (Å²) in [5.41, 5.74) is 9.79. The molecule has 1 aromatic heterocycles. The largest absolute Gasteiger partial charge is 0.398 e. The minimum atomic E-state index is -0.0282. The van der Waals surface area contributed by atoms with Crippen molar-refractivity contribution in [2.45, 2.75) is 6.92 Å². The van der Waals surface area contributed by atoms with E-state index in [0.29, 0.717) is 11.3 Å². The van der Waals surface area contributed by atoms with Gasteiger partial charge in [-0.25, -0.2) is 4.98 Å². The molecule has 0 aliphatic heterocycles. The number of carbonyl (C=O) groups is 1. The second-order valence-corrected chi connectivity index (χ2v) is 4.43. The summed E-state index contributed by atoms with van der Waals surface area (Å²) in [6.45, 7) is 1.51. The molecule has 0 spiro atoms. The summed E-state index contributed by atoms with van der Waals surface area (Å²) in [4.78, 5) is 15.7. The average Bonchev–Trinajstić information content (AvgIpc) is 2.82. The predicted molar refractivity (Wildman–Crippen MR) is 75.5 cm³/mol. The van der Waals surface area contributed by atoms with Crippen molar-refractivity contribution >= 4 is 22.5 Å². The Morgan fingerprint density at radius 1 is 1.21 bits per heavy atom. The van der Waals surface area contributed by atoms with E-state index in [1.54, 1.807) is 18.5 Å². The van der Waals surface area contributed by atoms with Gasteiger partial charge >= 0.3 is 0 Å². The number of carbonyl (C=O) groups excluding carboxylic acids is 1. The lowest BCUT2D eigenvalue weighted by Crippen LogP contribution is -2.01. The van der Waals surface area contributed by atoms with Crippen LogP contribution >= 0.6 is 0 Å². The highest BCUT2D eigenvalue weighted by Crippen LogP contribution is 2.22. The van der Waals surface area contributed by atoms with Crippen molar-refractivity contribution in [1.29, 1.82) is 0 Å². The molecule has 4 heteroatoms. The van der Waals surface area contributed by atoms with Crippen LogP contribution in [0.5, 0.6) is 0 Å². The molecule has 0 saturated carbocycles. The van der Waals surface area contributed by atoms with Crippen LogP contribution < -0.4 is 5.73 Å². The predicted octanol–water partition coefficient (Wildman–Crippen LogP) is 2.81. The van der Waals surface area contributed by atoms with Crippen molar-refractivity contribution in [2.75, 3.05) is 5.73 Å². The fourth-order valence-corrected chi connectivity index (χ4v) is 2.19. The lowest BCUT2D eigenvalue weighted by Gasteiger charge is -2.07. The van der Waals surface area contributed by atoms with E-state index in [1.165, 1.54) is 6.92 Å². The fraction of sp³-hybridized carbons (Fsp3) is 0.0667. The van der Waals surface area contributed by atoms with E-state index in [9.17, 15) is 4.79 Å². The van der Waals surface area contributed by atoms with Crippen LogP contribution in [0.2, 0.25) is 0 Å². The van der Waals surface area contributed by atoms with Gasteiger partial charge in [0.25, 0.3) is 0 Å². The second-order valence-electron chi connectivity index (χ2n) is 4.43. The van der Waals surface area contributed by atoms with Crippen LogP contribution in [0.3, 0.4) is 0 Å². The number of para-hydroxylation sites is 2. The Kier molecular flexibility index (Phi) is 2.56. The van der Waals surface area contributed by atoms with E-state index in [1.807, 2.05) is 34.9 Å². The van der Waals surface area contributed by atoms with Crippen molar-refractivity contribution in [2.24, 2.45) is 0 Å². The van der Waals surface area contributed by atoms with Crippen LogP contribution in [0.15, 0.2) is 48.8 Å². The molecular formula is C15H13N3O. The van der Waals surface area contributed by atoms with Crippen LogP contribution in [0.1, 0.15) is 17.3 Å². The van der Waals surface area contributed by atoms with Crippen molar-refractivity contribution < 1.29 is 4.79 Å². The summed E-state index contributed by atoms with van der Waals surface area (Å²) >= 11 is 0. The SMILES string of the molecule is CC(=O)c1ccc(-n2cnc3ccccc32)cc1N. The highest BCUT2D eigenvalue weighted by atomic mass is 16.1. The first-order valence-corrected chi connectivity index (χ1v) is 6.00. The molecule has 2 aromatic carbocycles. The van der Waals surface area contributed by atoms with E-state index in [-0.39, 0.29) is 5.78 Å². The molecule has 0 atom stereocenters. The maximum Gasteiger partial charge on any atom is 0.161 e. The molecule has 2 N–H and O–H groups in total. The Labute approximate surface area is 110 Å². The smallest absolute Gasteiger partial charge is 0.161 e. The van der Waals surface area contributed by atoms with Crippen LogP contribution in [0.4, 0.5) is 5.69 Å². The first kappa shape index (κ1) is 11.5. The number of anilines is 1. The molecule has 0 radical (unpaired) electrons. The first-order chi connectivity index (χ1) is 9.16. The molecule has 0 saturated heterocycles. The Bertz CT molecular complexity index is 774. The van der Waals surface area contributed by atoms with Gasteiger partial charge in [-0.1, -0.05) is 12.1 Å². The van der Waals surface area contributed by atoms with Crippen LogP contribution in [0.25, 0.3) is 16.7 Å². The molecule has 0 aliphatic carbocycles. The quantitative estimate of drug-likeness (QED) is 0.562. The highest BCUT2D eigenvalue weighted by Gasteiger charge is 2.08. The maximum atomic E-state index is 11.4. The van der Waals surface area contributed by atoms with Gasteiger partial charge in [-0.15, -0.1) is 0 Å². The molecule has 0 unspecified atom stereocenters. The zero-order chi connectivity index (χ0) is 13.4. The number of nitrogen functional groups attached to an aromatic ring is 1. The van der Waals surface area contributed by atoms with E-state index in [0.717, 1.165) is 16.7 Å². The normalized spacial score (nSPS) is 10.8. The summed E-state index contributed by atoms with van der Waals surface area (Å²) in [5, 5.41) is 0. The topological polar surface area (TPSA) is 60.9 Å². The Balaban J connectivity index is 2.17. The number of fused-ring (bicyclic) bond motifs is 1. The van der Waals surface area contributed by atoms with E-state index in [4.69, 9.17) is 5.73 Å². The molecule has 19 heavy (non-hydrogen) atoms. The van der Waals surface area contributed by atoms with Gasteiger partial charge in [0.05, 0.1) is 11.0 Å². The number of rotatable bonds is 2. The zero-order valence-electron chi connectivity index (χ0n) is 10.5. The van der Waals surface area contributed by atoms with Crippen molar-refractivity contribution in [3.8, 4) is 5.69 Å².